The molecule has 26 heavy (non-hydrogen) atoms. The molecule has 2 heterocycles. The number of carbonyl (C=O) groups excluding carboxylic acids is 1. The van der Waals surface area contributed by atoms with Crippen LogP contribution in [0.4, 0.5) is 4.39 Å². The van der Waals surface area contributed by atoms with Crippen LogP contribution in [0.15, 0.2) is 47.5 Å². The third-order valence-electron chi connectivity index (χ3n) is 3.83. The highest BCUT2D eigenvalue weighted by Crippen LogP contribution is 2.35. The molecule has 0 radical (unpaired) electrons. The molecule has 0 spiro atoms. The van der Waals surface area contributed by atoms with E-state index in [1.54, 1.807) is 12.1 Å². The number of para-hydroxylation sites is 1. The van der Waals surface area contributed by atoms with Crippen molar-refractivity contribution in [1.82, 2.24) is 4.57 Å². The Balaban J connectivity index is 1.91. The van der Waals surface area contributed by atoms with Crippen LogP contribution in [0.1, 0.15) is 9.67 Å². The molecule has 1 amide bonds. The van der Waals surface area contributed by atoms with E-state index in [1.807, 2.05) is 24.3 Å². The van der Waals surface area contributed by atoms with E-state index in [9.17, 15) is 9.18 Å². The van der Waals surface area contributed by atoms with Crippen molar-refractivity contribution in [3.63, 3.8) is 0 Å². The van der Waals surface area contributed by atoms with Gasteiger partial charge >= 0.3 is 0 Å². The van der Waals surface area contributed by atoms with Crippen molar-refractivity contribution in [3.8, 4) is 12.3 Å². The van der Waals surface area contributed by atoms with Crippen molar-refractivity contribution >= 4 is 60.5 Å². The van der Waals surface area contributed by atoms with Crippen LogP contribution in [0.25, 0.3) is 20.3 Å². The number of carbonyl (C=O) groups is 1. The van der Waals surface area contributed by atoms with E-state index in [4.69, 9.17) is 18.0 Å². The summed E-state index contributed by atoms with van der Waals surface area (Å²) in [5, 5.41) is 1.20. The van der Waals surface area contributed by atoms with Crippen molar-refractivity contribution in [1.29, 1.82) is 0 Å². The molecule has 0 aliphatic carbocycles. The zero-order valence-corrected chi connectivity index (χ0v) is 15.6. The summed E-state index contributed by atoms with van der Waals surface area (Å²) < 4.78 is 17.3. The van der Waals surface area contributed by atoms with Crippen LogP contribution in [0.3, 0.4) is 0 Å². The zero-order valence-electron chi connectivity index (χ0n) is 13.2. The smallest absolute Gasteiger partial charge is 0.291 e. The fourth-order valence-corrected chi connectivity index (χ4v) is 5.14. The highest BCUT2D eigenvalue weighted by molar-refractivity contribution is 7.21. The summed E-state index contributed by atoms with van der Waals surface area (Å²) in [6.07, 6.45) is 5.41. The van der Waals surface area contributed by atoms with E-state index >= 15 is 0 Å². The summed E-state index contributed by atoms with van der Waals surface area (Å²) in [7, 11) is 0. The number of amides is 1. The van der Waals surface area contributed by atoms with Crippen LogP contribution in [0, 0.1) is 18.2 Å². The SMILES string of the molecule is C#CCn1c(=NC(=O)c2sc3ccccc3c2Cl)sc2cccc(F)c21. The molecule has 0 saturated heterocycles. The lowest BCUT2D eigenvalue weighted by Gasteiger charge is -2.00. The van der Waals surface area contributed by atoms with Crippen LogP contribution in [0.5, 0.6) is 0 Å². The average Bonchev–Trinajstić information content (AvgIpc) is 3.15. The Morgan fingerprint density at radius 3 is 2.73 bits per heavy atom. The summed E-state index contributed by atoms with van der Waals surface area (Å²) in [6.45, 7) is 0.118. The Bertz CT molecular complexity index is 1280. The normalized spacial score (nSPS) is 12.0. The summed E-state index contributed by atoms with van der Waals surface area (Å²) in [5.41, 5.74) is 0.351. The molecule has 0 unspecified atom stereocenters. The molecule has 0 aliphatic rings. The van der Waals surface area contributed by atoms with E-state index in [1.165, 1.54) is 33.3 Å². The van der Waals surface area contributed by atoms with Gasteiger partial charge < -0.3 is 4.57 Å². The van der Waals surface area contributed by atoms with Gasteiger partial charge in [0.05, 0.1) is 21.8 Å². The van der Waals surface area contributed by atoms with E-state index in [0.29, 0.717) is 24.9 Å². The minimum absolute atomic E-state index is 0.118. The van der Waals surface area contributed by atoms with Gasteiger partial charge in [-0.25, -0.2) is 4.39 Å². The van der Waals surface area contributed by atoms with E-state index in [0.717, 1.165) is 10.1 Å². The molecule has 0 N–H and O–H groups in total. The molecule has 3 nitrogen and oxygen atoms in total. The summed E-state index contributed by atoms with van der Waals surface area (Å²) in [5.74, 6) is 1.62. The standard InChI is InChI=1S/C19H10ClFN2OS2/c1-2-10-23-16-12(21)7-5-9-14(16)26-19(23)22-18(24)17-15(20)11-6-3-4-8-13(11)25-17/h1,3-9H,10H2. The summed E-state index contributed by atoms with van der Waals surface area (Å²) in [4.78, 5) is 17.6. The maximum absolute atomic E-state index is 14.2. The first-order chi connectivity index (χ1) is 12.6. The largest absolute Gasteiger partial charge is 0.302 e. The quantitative estimate of drug-likeness (QED) is 0.432. The predicted octanol–water partition coefficient (Wildman–Crippen LogP) is 5.08. The van der Waals surface area contributed by atoms with Gasteiger partial charge in [-0.2, -0.15) is 4.99 Å². The third-order valence-corrected chi connectivity index (χ3v) is 6.53. The van der Waals surface area contributed by atoms with Crippen molar-refractivity contribution in [2.75, 3.05) is 0 Å². The monoisotopic (exact) mass is 400 g/mol. The van der Waals surface area contributed by atoms with Gasteiger partial charge in [0.25, 0.3) is 5.91 Å². The molecule has 4 rings (SSSR count). The van der Waals surface area contributed by atoms with Gasteiger partial charge in [0.15, 0.2) is 4.80 Å². The fourth-order valence-electron chi connectivity index (χ4n) is 2.70. The summed E-state index contributed by atoms with van der Waals surface area (Å²) >= 11 is 8.86. The second-order valence-corrected chi connectivity index (χ2v) is 7.86. The molecular weight excluding hydrogens is 391 g/mol. The Hall–Kier alpha value is -2.46. The molecule has 0 bridgehead atoms. The number of thiazole rings is 1. The van der Waals surface area contributed by atoms with Gasteiger partial charge in [-0.1, -0.05) is 53.1 Å². The maximum Gasteiger partial charge on any atom is 0.291 e. The predicted molar refractivity (Wildman–Crippen MR) is 105 cm³/mol. The molecule has 0 saturated carbocycles. The molecule has 128 valence electrons. The second-order valence-electron chi connectivity index (χ2n) is 5.42. The lowest BCUT2D eigenvalue weighted by molar-refractivity contribution is 0.100. The Morgan fingerprint density at radius 2 is 1.96 bits per heavy atom. The number of benzene rings is 2. The third kappa shape index (κ3) is 2.74. The van der Waals surface area contributed by atoms with Gasteiger partial charge in [-0.05, 0) is 18.2 Å². The number of aromatic nitrogens is 1. The van der Waals surface area contributed by atoms with Crippen LogP contribution in [-0.2, 0) is 6.54 Å². The maximum atomic E-state index is 14.2. The Morgan fingerprint density at radius 1 is 1.19 bits per heavy atom. The second kappa shape index (κ2) is 6.69. The van der Waals surface area contributed by atoms with Crippen LogP contribution in [-0.4, -0.2) is 10.5 Å². The number of hydrogen-bond donors (Lipinski definition) is 0. The molecule has 2 aromatic carbocycles. The van der Waals surface area contributed by atoms with Gasteiger partial charge in [-0.3, -0.25) is 4.79 Å². The minimum atomic E-state index is -0.464. The average molecular weight is 401 g/mol. The lowest BCUT2D eigenvalue weighted by Crippen LogP contribution is -2.16. The first-order valence-corrected chi connectivity index (χ1v) is 9.58. The Kier molecular flexibility index (Phi) is 4.37. The number of thiophene rings is 1. The van der Waals surface area contributed by atoms with Gasteiger partial charge in [0.1, 0.15) is 10.7 Å². The lowest BCUT2D eigenvalue weighted by atomic mass is 10.2. The van der Waals surface area contributed by atoms with Crippen LogP contribution in [0.2, 0.25) is 5.02 Å². The fraction of sp³-hybridized carbons (Fsp3) is 0.0526. The highest BCUT2D eigenvalue weighted by atomic mass is 35.5. The van der Waals surface area contributed by atoms with Crippen molar-refractivity contribution in [2.24, 2.45) is 4.99 Å². The minimum Gasteiger partial charge on any atom is -0.302 e. The molecular formula is C19H10ClFN2OS2. The number of hydrogen-bond acceptors (Lipinski definition) is 3. The van der Waals surface area contributed by atoms with Crippen molar-refractivity contribution in [2.45, 2.75) is 6.54 Å². The van der Waals surface area contributed by atoms with Gasteiger partial charge in [-0.15, -0.1) is 17.8 Å². The first-order valence-electron chi connectivity index (χ1n) is 7.57. The zero-order chi connectivity index (χ0) is 18.3. The van der Waals surface area contributed by atoms with Crippen LogP contribution >= 0.6 is 34.3 Å². The van der Waals surface area contributed by atoms with Crippen LogP contribution < -0.4 is 4.80 Å². The number of rotatable bonds is 2. The van der Waals surface area contributed by atoms with Crippen molar-refractivity contribution < 1.29 is 9.18 Å². The molecule has 0 atom stereocenters. The molecule has 7 heteroatoms. The van der Waals surface area contributed by atoms with Crippen molar-refractivity contribution in [3.05, 3.63) is 63.0 Å². The first kappa shape index (κ1) is 17.0. The number of halogens is 2. The number of fused-ring (bicyclic) bond motifs is 2. The molecule has 4 aromatic rings. The van der Waals surface area contributed by atoms with E-state index < -0.39 is 11.7 Å². The molecule has 0 aliphatic heterocycles. The number of nitrogens with zero attached hydrogens (tertiary/aromatic N) is 2. The van der Waals surface area contributed by atoms with E-state index in [-0.39, 0.29) is 6.54 Å². The Labute approximate surface area is 161 Å². The molecule has 0 fully saturated rings. The summed E-state index contributed by atoms with van der Waals surface area (Å²) in [6, 6.07) is 12.2. The van der Waals surface area contributed by atoms with Gasteiger partial charge in [0, 0.05) is 10.1 Å². The van der Waals surface area contributed by atoms with Gasteiger partial charge in [0.2, 0.25) is 0 Å². The highest BCUT2D eigenvalue weighted by Gasteiger charge is 2.17. The van der Waals surface area contributed by atoms with E-state index in [2.05, 4.69) is 10.9 Å². The molecule has 2 aromatic heterocycles. The number of terminal acetylenes is 1. The topological polar surface area (TPSA) is 34.4 Å².